The van der Waals surface area contributed by atoms with E-state index in [0.717, 1.165) is 34.8 Å². The summed E-state index contributed by atoms with van der Waals surface area (Å²) in [6.45, 7) is 7.21. The molecule has 0 aliphatic heterocycles. The Labute approximate surface area is 129 Å². The van der Waals surface area contributed by atoms with E-state index < -0.39 is 0 Å². The number of rotatable bonds is 4. The third-order valence-corrected chi connectivity index (χ3v) is 4.17. The van der Waals surface area contributed by atoms with Gasteiger partial charge in [0.25, 0.3) is 0 Å². The number of anilines is 1. The van der Waals surface area contributed by atoms with E-state index in [1.54, 1.807) is 11.3 Å². The zero-order valence-corrected chi connectivity index (χ0v) is 13.4. The maximum Gasteiger partial charge on any atom is 0.138 e. The Morgan fingerprint density at radius 3 is 2.57 bits per heavy atom. The Kier molecular flexibility index (Phi) is 3.88. The van der Waals surface area contributed by atoms with Gasteiger partial charge < -0.3 is 5.32 Å². The SMILES string of the molecule is CCNc1nc(Cc2cc(C)cc(C)c2)nc2sccc12. The van der Waals surface area contributed by atoms with Gasteiger partial charge in [-0.05, 0) is 37.8 Å². The molecule has 3 aromatic rings. The van der Waals surface area contributed by atoms with Crippen molar-refractivity contribution in [1.82, 2.24) is 9.97 Å². The summed E-state index contributed by atoms with van der Waals surface area (Å²) >= 11 is 1.67. The van der Waals surface area contributed by atoms with Gasteiger partial charge in [0.1, 0.15) is 16.5 Å². The van der Waals surface area contributed by atoms with E-state index in [1.165, 1.54) is 16.7 Å². The Balaban J connectivity index is 1.99. The molecule has 1 aromatic carbocycles. The van der Waals surface area contributed by atoms with Crippen molar-refractivity contribution < 1.29 is 0 Å². The van der Waals surface area contributed by atoms with Crippen LogP contribution < -0.4 is 5.32 Å². The predicted octanol–water partition coefficient (Wildman–Crippen LogP) is 4.33. The van der Waals surface area contributed by atoms with E-state index in [2.05, 4.69) is 55.7 Å². The van der Waals surface area contributed by atoms with Crippen molar-refractivity contribution in [2.24, 2.45) is 0 Å². The fourth-order valence-corrected chi connectivity index (χ4v) is 3.42. The van der Waals surface area contributed by atoms with Crippen molar-refractivity contribution >= 4 is 27.4 Å². The van der Waals surface area contributed by atoms with E-state index in [1.807, 2.05) is 0 Å². The van der Waals surface area contributed by atoms with E-state index in [-0.39, 0.29) is 0 Å². The summed E-state index contributed by atoms with van der Waals surface area (Å²) in [6, 6.07) is 8.69. The zero-order valence-electron chi connectivity index (χ0n) is 12.6. The van der Waals surface area contributed by atoms with Crippen molar-refractivity contribution in [3.05, 3.63) is 52.2 Å². The molecule has 0 saturated carbocycles. The average molecular weight is 297 g/mol. The molecule has 0 fully saturated rings. The molecule has 108 valence electrons. The van der Waals surface area contributed by atoms with Crippen LogP contribution in [0.3, 0.4) is 0 Å². The van der Waals surface area contributed by atoms with Gasteiger partial charge >= 0.3 is 0 Å². The molecule has 0 amide bonds. The molecular weight excluding hydrogens is 278 g/mol. The molecule has 0 radical (unpaired) electrons. The average Bonchev–Trinajstić information content (AvgIpc) is 2.86. The summed E-state index contributed by atoms with van der Waals surface area (Å²) in [5.41, 5.74) is 3.84. The lowest BCUT2D eigenvalue weighted by molar-refractivity contribution is 0.986. The molecule has 4 heteroatoms. The lowest BCUT2D eigenvalue weighted by atomic mass is 10.0. The van der Waals surface area contributed by atoms with Crippen LogP contribution in [0.25, 0.3) is 10.2 Å². The van der Waals surface area contributed by atoms with Gasteiger partial charge in [0.2, 0.25) is 0 Å². The number of nitrogens with one attached hydrogen (secondary N) is 1. The van der Waals surface area contributed by atoms with Crippen LogP contribution in [0.15, 0.2) is 29.6 Å². The lowest BCUT2D eigenvalue weighted by Crippen LogP contribution is -2.04. The van der Waals surface area contributed by atoms with Gasteiger partial charge in [-0.1, -0.05) is 29.3 Å². The summed E-state index contributed by atoms with van der Waals surface area (Å²) in [5, 5.41) is 6.53. The maximum atomic E-state index is 4.70. The minimum Gasteiger partial charge on any atom is -0.370 e. The highest BCUT2D eigenvalue weighted by atomic mass is 32.1. The first-order chi connectivity index (χ1) is 10.2. The molecule has 0 unspecified atom stereocenters. The predicted molar refractivity (Wildman–Crippen MR) is 90.3 cm³/mol. The van der Waals surface area contributed by atoms with Crippen LogP contribution in [0.1, 0.15) is 29.4 Å². The minimum absolute atomic E-state index is 0.773. The number of hydrogen-bond acceptors (Lipinski definition) is 4. The van der Waals surface area contributed by atoms with Crippen molar-refractivity contribution in [2.75, 3.05) is 11.9 Å². The zero-order chi connectivity index (χ0) is 14.8. The molecule has 0 aliphatic rings. The number of thiophene rings is 1. The smallest absolute Gasteiger partial charge is 0.138 e. The van der Waals surface area contributed by atoms with Gasteiger partial charge in [-0.2, -0.15) is 0 Å². The number of fused-ring (bicyclic) bond motifs is 1. The molecule has 0 saturated heterocycles. The first-order valence-corrected chi connectivity index (χ1v) is 8.09. The summed E-state index contributed by atoms with van der Waals surface area (Å²) in [7, 11) is 0. The van der Waals surface area contributed by atoms with E-state index in [0.29, 0.717) is 0 Å². The normalized spacial score (nSPS) is 11.0. The van der Waals surface area contributed by atoms with Crippen LogP contribution >= 0.6 is 11.3 Å². The summed E-state index contributed by atoms with van der Waals surface area (Å²) in [5.74, 6) is 1.83. The topological polar surface area (TPSA) is 37.8 Å². The Hall–Kier alpha value is -1.94. The molecule has 2 aromatic heterocycles. The summed E-state index contributed by atoms with van der Waals surface area (Å²) in [6.07, 6.45) is 0.773. The fraction of sp³-hybridized carbons (Fsp3) is 0.294. The molecule has 0 spiro atoms. The highest BCUT2D eigenvalue weighted by molar-refractivity contribution is 7.16. The molecular formula is C17H19N3S. The second-order valence-electron chi connectivity index (χ2n) is 5.33. The van der Waals surface area contributed by atoms with Crippen LogP contribution in [0.2, 0.25) is 0 Å². The number of nitrogens with zero attached hydrogens (tertiary/aromatic N) is 2. The number of benzene rings is 1. The second kappa shape index (κ2) is 5.82. The van der Waals surface area contributed by atoms with Gasteiger partial charge in [0, 0.05) is 13.0 Å². The fourth-order valence-electron chi connectivity index (χ4n) is 2.63. The number of aryl methyl sites for hydroxylation is 2. The Morgan fingerprint density at radius 2 is 1.86 bits per heavy atom. The highest BCUT2D eigenvalue weighted by Crippen LogP contribution is 2.25. The molecule has 3 rings (SSSR count). The molecule has 0 atom stereocenters. The van der Waals surface area contributed by atoms with Gasteiger partial charge in [-0.3, -0.25) is 0 Å². The van der Waals surface area contributed by atoms with Crippen molar-refractivity contribution in [1.29, 1.82) is 0 Å². The van der Waals surface area contributed by atoms with Crippen molar-refractivity contribution in [3.63, 3.8) is 0 Å². The lowest BCUT2D eigenvalue weighted by Gasteiger charge is -2.08. The van der Waals surface area contributed by atoms with E-state index >= 15 is 0 Å². The summed E-state index contributed by atoms with van der Waals surface area (Å²) in [4.78, 5) is 10.5. The number of aromatic nitrogens is 2. The van der Waals surface area contributed by atoms with E-state index in [9.17, 15) is 0 Å². The third-order valence-electron chi connectivity index (χ3n) is 3.36. The largest absolute Gasteiger partial charge is 0.370 e. The maximum absolute atomic E-state index is 4.70. The first-order valence-electron chi connectivity index (χ1n) is 7.21. The Bertz CT molecular complexity index is 757. The summed E-state index contributed by atoms with van der Waals surface area (Å²) < 4.78 is 0. The van der Waals surface area contributed by atoms with Crippen LogP contribution in [0.5, 0.6) is 0 Å². The second-order valence-corrected chi connectivity index (χ2v) is 6.23. The first kappa shape index (κ1) is 14.0. The molecule has 1 N–H and O–H groups in total. The third kappa shape index (κ3) is 3.05. The monoisotopic (exact) mass is 297 g/mol. The van der Waals surface area contributed by atoms with Gasteiger partial charge in [-0.25, -0.2) is 9.97 Å². The molecule has 2 heterocycles. The quantitative estimate of drug-likeness (QED) is 0.779. The van der Waals surface area contributed by atoms with Gasteiger partial charge in [-0.15, -0.1) is 11.3 Å². The molecule has 21 heavy (non-hydrogen) atoms. The Morgan fingerprint density at radius 1 is 1.10 bits per heavy atom. The van der Waals surface area contributed by atoms with Crippen molar-refractivity contribution in [3.8, 4) is 0 Å². The van der Waals surface area contributed by atoms with Crippen LogP contribution in [0, 0.1) is 13.8 Å². The molecule has 3 nitrogen and oxygen atoms in total. The highest BCUT2D eigenvalue weighted by Gasteiger charge is 2.09. The van der Waals surface area contributed by atoms with Crippen molar-refractivity contribution in [2.45, 2.75) is 27.2 Å². The standard InChI is InChI=1S/C17H19N3S/c1-4-18-16-14-5-6-21-17(14)20-15(19-16)10-13-8-11(2)7-12(3)9-13/h5-9H,4,10H2,1-3H3,(H,18,19,20). The number of hydrogen-bond donors (Lipinski definition) is 1. The van der Waals surface area contributed by atoms with Crippen LogP contribution in [0.4, 0.5) is 5.82 Å². The van der Waals surface area contributed by atoms with E-state index in [4.69, 9.17) is 9.97 Å². The van der Waals surface area contributed by atoms with Gasteiger partial charge in [0.05, 0.1) is 5.39 Å². The minimum atomic E-state index is 0.773. The molecule has 0 bridgehead atoms. The van der Waals surface area contributed by atoms with Gasteiger partial charge in [0.15, 0.2) is 0 Å². The molecule has 0 aliphatic carbocycles. The van der Waals surface area contributed by atoms with Crippen LogP contribution in [-0.2, 0) is 6.42 Å². The van der Waals surface area contributed by atoms with Crippen LogP contribution in [-0.4, -0.2) is 16.5 Å².